The molecule has 1 nitrogen and oxygen atoms in total. The summed E-state index contributed by atoms with van der Waals surface area (Å²) in [5.41, 5.74) is 0. The van der Waals surface area contributed by atoms with E-state index in [1.807, 2.05) is 0 Å². The van der Waals surface area contributed by atoms with Crippen LogP contribution in [0.1, 0.15) is 57.8 Å². The zero-order chi connectivity index (χ0) is 12.7. The van der Waals surface area contributed by atoms with Crippen molar-refractivity contribution < 1.29 is 0 Å². The Morgan fingerprint density at radius 2 is 1.63 bits per heavy atom. The summed E-state index contributed by atoms with van der Waals surface area (Å²) >= 11 is 0. The Morgan fingerprint density at radius 3 is 2.26 bits per heavy atom. The number of hydrogen-bond donors (Lipinski definition) is 1. The molecule has 1 unspecified atom stereocenters. The molecule has 1 atom stereocenters. The highest BCUT2D eigenvalue weighted by Crippen LogP contribution is 2.57. The van der Waals surface area contributed by atoms with Crippen LogP contribution in [0.4, 0.5) is 0 Å². The predicted octanol–water partition coefficient (Wildman–Crippen LogP) is 4.15. The fraction of sp³-hybridized carbons (Fsp3) is 0.889. The van der Waals surface area contributed by atoms with Gasteiger partial charge in [-0.1, -0.05) is 18.6 Å². The lowest BCUT2D eigenvalue weighted by Crippen LogP contribution is -2.45. The molecule has 1 heterocycles. The second kappa shape index (κ2) is 5.24. The van der Waals surface area contributed by atoms with Crippen molar-refractivity contribution in [2.24, 2.45) is 29.6 Å². The van der Waals surface area contributed by atoms with Gasteiger partial charge in [-0.05, 0) is 87.5 Å². The first-order valence-corrected chi connectivity index (χ1v) is 8.78. The molecule has 5 rings (SSSR count). The van der Waals surface area contributed by atoms with Crippen molar-refractivity contribution in [3.63, 3.8) is 0 Å². The van der Waals surface area contributed by atoms with Gasteiger partial charge >= 0.3 is 0 Å². The van der Waals surface area contributed by atoms with Gasteiger partial charge in [-0.25, -0.2) is 0 Å². The minimum Gasteiger partial charge on any atom is -0.310 e. The van der Waals surface area contributed by atoms with Gasteiger partial charge in [0.2, 0.25) is 0 Å². The Hall–Kier alpha value is -0.300. The summed E-state index contributed by atoms with van der Waals surface area (Å²) in [5.74, 6) is 5.65. The van der Waals surface area contributed by atoms with Crippen LogP contribution in [0.2, 0.25) is 0 Å². The van der Waals surface area contributed by atoms with E-state index in [1.165, 1.54) is 32.2 Å². The van der Waals surface area contributed by atoms with Gasteiger partial charge in [0, 0.05) is 6.04 Å². The van der Waals surface area contributed by atoms with Crippen molar-refractivity contribution in [3.05, 3.63) is 12.2 Å². The van der Waals surface area contributed by atoms with E-state index < -0.39 is 0 Å². The van der Waals surface area contributed by atoms with Crippen molar-refractivity contribution in [1.29, 1.82) is 0 Å². The summed E-state index contributed by atoms with van der Waals surface area (Å²) in [7, 11) is 0. The first kappa shape index (κ1) is 12.4. The van der Waals surface area contributed by atoms with Crippen LogP contribution in [0.3, 0.4) is 0 Å². The molecule has 4 fully saturated rings. The molecule has 0 radical (unpaired) electrons. The summed E-state index contributed by atoms with van der Waals surface area (Å²) in [6.07, 6.45) is 18.3. The van der Waals surface area contributed by atoms with E-state index in [4.69, 9.17) is 0 Å². The molecule has 0 saturated heterocycles. The highest BCUT2D eigenvalue weighted by molar-refractivity contribution is 4.99. The fourth-order valence-electron chi connectivity index (χ4n) is 5.96. The molecule has 0 amide bonds. The first-order valence-electron chi connectivity index (χ1n) is 8.78. The lowest BCUT2D eigenvalue weighted by atomic mass is 9.51. The molecular formula is C18H29N. The average molecular weight is 259 g/mol. The minimum atomic E-state index is 0.686. The largest absolute Gasteiger partial charge is 0.310 e. The maximum absolute atomic E-state index is 3.63. The molecule has 106 valence electrons. The molecule has 0 aromatic heterocycles. The van der Waals surface area contributed by atoms with E-state index in [0.29, 0.717) is 6.04 Å². The van der Waals surface area contributed by atoms with Crippen molar-refractivity contribution in [1.82, 2.24) is 5.32 Å². The first-order chi connectivity index (χ1) is 9.38. The van der Waals surface area contributed by atoms with Crippen LogP contribution in [0.15, 0.2) is 12.2 Å². The molecule has 5 aliphatic rings. The smallest absolute Gasteiger partial charge is 0.0250 e. The van der Waals surface area contributed by atoms with Crippen LogP contribution in [0, 0.1) is 29.6 Å². The van der Waals surface area contributed by atoms with Gasteiger partial charge in [0.05, 0.1) is 0 Å². The second-order valence-corrected chi connectivity index (χ2v) is 7.80. The second-order valence-electron chi connectivity index (χ2n) is 7.80. The average Bonchev–Trinajstić information content (AvgIpc) is 2.42. The third-order valence-electron chi connectivity index (χ3n) is 6.56. The van der Waals surface area contributed by atoms with Gasteiger partial charge in [0.25, 0.3) is 0 Å². The fourth-order valence-corrected chi connectivity index (χ4v) is 5.96. The quantitative estimate of drug-likeness (QED) is 0.748. The molecule has 4 saturated carbocycles. The Kier molecular flexibility index (Phi) is 3.43. The van der Waals surface area contributed by atoms with Gasteiger partial charge in [-0.2, -0.15) is 0 Å². The van der Waals surface area contributed by atoms with Crippen molar-refractivity contribution in [2.45, 2.75) is 63.8 Å². The normalized spacial score (nSPS) is 47.8. The zero-order valence-corrected chi connectivity index (χ0v) is 12.2. The summed E-state index contributed by atoms with van der Waals surface area (Å²) < 4.78 is 0. The number of nitrogens with one attached hydrogen (secondary N) is 1. The number of rotatable bonds is 4. The van der Waals surface area contributed by atoms with Gasteiger partial charge in [0.15, 0.2) is 0 Å². The van der Waals surface area contributed by atoms with Crippen LogP contribution in [-0.2, 0) is 0 Å². The lowest BCUT2D eigenvalue weighted by Gasteiger charge is -2.54. The Bertz CT molecular complexity index is 318. The van der Waals surface area contributed by atoms with Gasteiger partial charge in [0.1, 0.15) is 0 Å². The van der Waals surface area contributed by atoms with E-state index in [0.717, 1.165) is 29.6 Å². The van der Waals surface area contributed by atoms with E-state index in [-0.39, 0.29) is 0 Å². The molecule has 4 aliphatic carbocycles. The maximum atomic E-state index is 3.63. The molecule has 0 aromatic carbocycles. The third kappa shape index (κ3) is 2.51. The highest BCUT2D eigenvalue weighted by Gasteiger charge is 2.47. The Morgan fingerprint density at radius 1 is 0.895 bits per heavy atom. The molecule has 19 heavy (non-hydrogen) atoms. The molecular weight excluding hydrogens is 230 g/mol. The standard InChI is InChI=1S/C18H29N/c1-2-7-19-17(4-1)5-3-6-18-15-9-13-8-14(11-15)12-16(18)10-13/h1,4,13-19H,2-3,5-12H2. The SMILES string of the molecule is C1=CC(CCCC2C3CC4CC(C3)CC2C4)NCC1. The third-order valence-corrected chi connectivity index (χ3v) is 6.56. The Balaban J connectivity index is 1.29. The molecule has 1 N–H and O–H groups in total. The lowest BCUT2D eigenvalue weighted by molar-refractivity contribution is -0.0405. The van der Waals surface area contributed by atoms with Crippen LogP contribution in [0.25, 0.3) is 0 Å². The number of hydrogen-bond acceptors (Lipinski definition) is 1. The summed E-state index contributed by atoms with van der Waals surface area (Å²) in [4.78, 5) is 0. The van der Waals surface area contributed by atoms with Gasteiger partial charge in [-0.15, -0.1) is 0 Å². The van der Waals surface area contributed by atoms with E-state index in [1.54, 1.807) is 32.1 Å². The van der Waals surface area contributed by atoms with Crippen molar-refractivity contribution >= 4 is 0 Å². The summed E-state index contributed by atoms with van der Waals surface area (Å²) in [6, 6.07) is 0.686. The zero-order valence-electron chi connectivity index (χ0n) is 12.2. The summed E-state index contributed by atoms with van der Waals surface area (Å²) in [5, 5.41) is 3.63. The van der Waals surface area contributed by atoms with Crippen molar-refractivity contribution in [3.8, 4) is 0 Å². The molecule has 1 aliphatic heterocycles. The molecule has 0 aromatic rings. The van der Waals surface area contributed by atoms with Crippen LogP contribution in [-0.4, -0.2) is 12.6 Å². The molecule has 1 heteroatoms. The Labute approximate surface area is 118 Å². The predicted molar refractivity (Wildman–Crippen MR) is 79.9 cm³/mol. The van der Waals surface area contributed by atoms with Crippen LogP contribution in [0.5, 0.6) is 0 Å². The van der Waals surface area contributed by atoms with Crippen LogP contribution >= 0.6 is 0 Å². The van der Waals surface area contributed by atoms with Crippen LogP contribution < -0.4 is 5.32 Å². The highest BCUT2D eigenvalue weighted by atomic mass is 14.9. The van der Waals surface area contributed by atoms with E-state index in [2.05, 4.69) is 17.5 Å². The van der Waals surface area contributed by atoms with Gasteiger partial charge < -0.3 is 5.32 Å². The summed E-state index contributed by atoms with van der Waals surface area (Å²) in [6.45, 7) is 1.19. The molecule has 0 spiro atoms. The van der Waals surface area contributed by atoms with Crippen molar-refractivity contribution in [2.75, 3.05) is 6.54 Å². The van der Waals surface area contributed by atoms with E-state index >= 15 is 0 Å². The molecule has 4 bridgehead atoms. The monoisotopic (exact) mass is 259 g/mol. The van der Waals surface area contributed by atoms with Gasteiger partial charge in [-0.3, -0.25) is 0 Å². The van der Waals surface area contributed by atoms with E-state index in [9.17, 15) is 0 Å². The maximum Gasteiger partial charge on any atom is 0.0250 e. The minimum absolute atomic E-state index is 0.686. The topological polar surface area (TPSA) is 12.0 Å².